The van der Waals surface area contributed by atoms with Gasteiger partial charge in [-0.1, -0.05) is 0 Å². The Morgan fingerprint density at radius 2 is 2.15 bits per heavy atom. The molecule has 6 nitrogen and oxygen atoms in total. The highest BCUT2D eigenvalue weighted by Gasteiger charge is 2.17. The zero-order chi connectivity index (χ0) is 18.1. The molecule has 0 saturated heterocycles. The van der Waals surface area contributed by atoms with E-state index in [9.17, 15) is 4.79 Å². The average molecular weight is 367 g/mol. The number of carbonyl (C=O) groups excluding carboxylic acids is 1. The number of aromatic nitrogens is 4. The maximum Gasteiger partial charge on any atom is 0.271 e. The Labute approximate surface area is 156 Å². The van der Waals surface area contributed by atoms with Crippen LogP contribution in [0.3, 0.4) is 0 Å². The van der Waals surface area contributed by atoms with Crippen molar-refractivity contribution in [1.29, 1.82) is 0 Å². The lowest BCUT2D eigenvalue weighted by Gasteiger charge is -2.07. The first-order valence-electron chi connectivity index (χ1n) is 8.86. The fraction of sp³-hybridized carbons (Fsp3) is 0.368. The molecule has 4 rings (SSSR count). The molecule has 2 N–H and O–H groups in total. The van der Waals surface area contributed by atoms with Gasteiger partial charge in [-0.3, -0.25) is 9.89 Å². The van der Waals surface area contributed by atoms with Gasteiger partial charge in [0, 0.05) is 29.2 Å². The Morgan fingerprint density at radius 3 is 2.96 bits per heavy atom. The van der Waals surface area contributed by atoms with Crippen molar-refractivity contribution < 1.29 is 4.79 Å². The Balaban J connectivity index is 1.36. The second kappa shape index (κ2) is 6.99. The second-order valence-corrected chi connectivity index (χ2v) is 7.88. The summed E-state index contributed by atoms with van der Waals surface area (Å²) in [6, 6.07) is 5.87. The molecule has 134 valence electrons. The van der Waals surface area contributed by atoms with E-state index < -0.39 is 0 Å². The number of nitrogens with one attached hydrogen (secondary N) is 2. The summed E-state index contributed by atoms with van der Waals surface area (Å²) in [5.74, 6) is 0.624. The number of thiophene rings is 1. The molecule has 1 aliphatic rings. The minimum atomic E-state index is -0.182. The van der Waals surface area contributed by atoms with Crippen LogP contribution < -0.4 is 5.32 Å². The van der Waals surface area contributed by atoms with E-state index in [1.54, 1.807) is 17.4 Å². The molecule has 3 aromatic heterocycles. The third-order valence-corrected chi connectivity index (χ3v) is 5.67. The molecule has 0 aromatic carbocycles. The van der Waals surface area contributed by atoms with Crippen LogP contribution in [0.4, 0.5) is 0 Å². The zero-order valence-corrected chi connectivity index (χ0v) is 15.7. The maximum atomic E-state index is 12.3. The highest BCUT2D eigenvalue weighted by atomic mass is 32.1. The van der Waals surface area contributed by atoms with Crippen LogP contribution in [0.25, 0.3) is 10.6 Å². The number of hydrogen-bond acceptors (Lipinski definition) is 5. The number of aromatic amines is 1. The van der Waals surface area contributed by atoms with Crippen LogP contribution >= 0.6 is 11.3 Å². The van der Waals surface area contributed by atoms with Gasteiger partial charge in [0.05, 0.1) is 10.6 Å². The average Bonchev–Trinajstić information content (AvgIpc) is 3.34. The van der Waals surface area contributed by atoms with Crippen molar-refractivity contribution in [3.63, 3.8) is 0 Å². The molecule has 0 fully saturated rings. The maximum absolute atomic E-state index is 12.3. The molecule has 0 bridgehead atoms. The number of nitrogens with zero attached hydrogens (tertiary/aromatic N) is 3. The van der Waals surface area contributed by atoms with Crippen molar-refractivity contribution in [1.82, 2.24) is 25.5 Å². The first-order valence-corrected chi connectivity index (χ1v) is 9.67. The van der Waals surface area contributed by atoms with E-state index in [0.29, 0.717) is 18.7 Å². The Morgan fingerprint density at radius 1 is 1.27 bits per heavy atom. The summed E-state index contributed by atoms with van der Waals surface area (Å²) in [5.41, 5.74) is 4.84. The Bertz CT molecular complexity index is 959. The molecular weight excluding hydrogens is 346 g/mol. The van der Waals surface area contributed by atoms with Gasteiger partial charge in [0.15, 0.2) is 5.69 Å². The number of aryl methyl sites for hydroxylation is 3. The summed E-state index contributed by atoms with van der Waals surface area (Å²) in [7, 11) is 0. The van der Waals surface area contributed by atoms with Crippen molar-refractivity contribution in [3.8, 4) is 10.6 Å². The third-order valence-electron chi connectivity index (χ3n) is 4.64. The van der Waals surface area contributed by atoms with Crippen molar-refractivity contribution in [2.24, 2.45) is 0 Å². The lowest BCUT2D eigenvalue weighted by Crippen LogP contribution is -2.26. The number of amides is 1. The molecule has 0 radical (unpaired) electrons. The molecule has 0 saturated carbocycles. The largest absolute Gasteiger partial charge is 0.350 e. The molecule has 0 unspecified atom stereocenters. The van der Waals surface area contributed by atoms with Crippen molar-refractivity contribution in [2.45, 2.75) is 39.5 Å². The van der Waals surface area contributed by atoms with Gasteiger partial charge in [-0.25, -0.2) is 9.97 Å². The van der Waals surface area contributed by atoms with Gasteiger partial charge in [-0.15, -0.1) is 11.3 Å². The van der Waals surface area contributed by atoms with Gasteiger partial charge < -0.3 is 5.32 Å². The van der Waals surface area contributed by atoms with E-state index in [-0.39, 0.29) is 5.91 Å². The van der Waals surface area contributed by atoms with Crippen LogP contribution in [0.15, 0.2) is 18.2 Å². The Kier molecular flexibility index (Phi) is 4.55. The molecule has 0 spiro atoms. The molecule has 3 heterocycles. The topological polar surface area (TPSA) is 83.6 Å². The van der Waals surface area contributed by atoms with Crippen molar-refractivity contribution in [3.05, 3.63) is 51.5 Å². The van der Waals surface area contributed by atoms with E-state index in [4.69, 9.17) is 0 Å². The summed E-state index contributed by atoms with van der Waals surface area (Å²) >= 11 is 1.67. The number of rotatable bonds is 5. The summed E-state index contributed by atoms with van der Waals surface area (Å²) in [5, 5.41) is 9.97. The van der Waals surface area contributed by atoms with E-state index >= 15 is 0 Å². The van der Waals surface area contributed by atoms with Gasteiger partial charge >= 0.3 is 0 Å². The lowest BCUT2D eigenvalue weighted by molar-refractivity contribution is 0.0949. The van der Waals surface area contributed by atoms with E-state index in [2.05, 4.69) is 38.5 Å². The van der Waals surface area contributed by atoms with Crippen LogP contribution in [0, 0.1) is 13.8 Å². The highest BCUT2D eigenvalue weighted by Crippen LogP contribution is 2.26. The molecule has 3 aromatic rings. The zero-order valence-electron chi connectivity index (χ0n) is 14.9. The molecule has 0 atom stereocenters. The molecule has 7 heteroatoms. The van der Waals surface area contributed by atoms with Crippen LogP contribution in [-0.4, -0.2) is 32.6 Å². The molecule has 0 aliphatic heterocycles. The first-order chi connectivity index (χ1) is 12.6. The van der Waals surface area contributed by atoms with Gasteiger partial charge in [0.25, 0.3) is 5.91 Å². The van der Waals surface area contributed by atoms with Gasteiger partial charge in [0.1, 0.15) is 5.82 Å². The number of carbonyl (C=O) groups is 1. The molecule has 26 heavy (non-hydrogen) atoms. The SMILES string of the molecule is Cc1ccc(-c2cc(C(=O)NCCc3nc(C)c4c(n3)CCC4)n[nH]2)s1. The first kappa shape index (κ1) is 16.9. The van der Waals surface area contributed by atoms with Crippen molar-refractivity contribution in [2.75, 3.05) is 6.54 Å². The van der Waals surface area contributed by atoms with Gasteiger partial charge in [-0.2, -0.15) is 5.10 Å². The number of fused-ring (bicyclic) bond motifs is 1. The highest BCUT2D eigenvalue weighted by molar-refractivity contribution is 7.15. The third kappa shape index (κ3) is 3.39. The second-order valence-electron chi connectivity index (χ2n) is 6.59. The minimum Gasteiger partial charge on any atom is -0.350 e. The van der Waals surface area contributed by atoms with Crippen LogP contribution in [0.5, 0.6) is 0 Å². The monoisotopic (exact) mass is 367 g/mol. The summed E-state index contributed by atoms with van der Waals surface area (Å²) < 4.78 is 0. The standard InChI is InChI=1S/C19H21N5OS/c1-11-6-7-17(26-11)15-10-16(24-23-15)19(25)20-9-8-18-21-12(2)13-4-3-5-14(13)22-18/h6-7,10H,3-5,8-9H2,1-2H3,(H,20,25)(H,23,24). The van der Waals surface area contributed by atoms with Gasteiger partial charge in [-0.05, 0) is 56.9 Å². The van der Waals surface area contributed by atoms with Crippen LogP contribution in [0.1, 0.15) is 44.6 Å². The van der Waals surface area contributed by atoms with E-state index in [1.807, 2.05) is 13.0 Å². The van der Waals surface area contributed by atoms with Crippen LogP contribution in [-0.2, 0) is 19.3 Å². The fourth-order valence-corrected chi connectivity index (χ4v) is 4.15. The summed E-state index contributed by atoms with van der Waals surface area (Å²) in [6.07, 6.45) is 3.91. The molecule has 1 aliphatic carbocycles. The number of hydrogen-bond donors (Lipinski definition) is 2. The van der Waals surface area contributed by atoms with Crippen molar-refractivity contribution >= 4 is 17.2 Å². The van der Waals surface area contributed by atoms with E-state index in [1.165, 1.54) is 16.1 Å². The Hall–Kier alpha value is -2.54. The lowest BCUT2D eigenvalue weighted by atomic mass is 10.2. The molecular formula is C19H21N5OS. The molecule has 1 amide bonds. The quantitative estimate of drug-likeness (QED) is 0.726. The predicted molar refractivity (Wildman–Crippen MR) is 101 cm³/mol. The fourth-order valence-electron chi connectivity index (χ4n) is 3.32. The van der Waals surface area contributed by atoms with Crippen LogP contribution in [0.2, 0.25) is 0 Å². The normalized spacial score (nSPS) is 13.0. The summed E-state index contributed by atoms with van der Waals surface area (Å²) in [6.45, 7) is 4.60. The summed E-state index contributed by atoms with van der Waals surface area (Å²) in [4.78, 5) is 23.8. The number of H-pyrrole nitrogens is 1. The predicted octanol–water partition coefficient (Wildman–Crippen LogP) is 3.01. The minimum absolute atomic E-state index is 0.182. The van der Waals surface area contributed by atoms with Gasteiger partial charge in [0.2, 0.25) is 0 Å². The van der Waals surface area contributed by atoms with E-state index in [0.717, 1.165) is 41.4 Å². The smallest absolute Gasteiger partial charge is 0.271 e.